The molecule has 128 valence electrons. The van der Waals surface area contributed by atoms with Crippen molar-refractivity contribution in [3.8, 4) is 17.1 Å². The summed E-state index contributed by atoms with van der Waals surface area (Å²) in [6, 6.07) is 9.91. The minimum atomic E-state index is 0.381. The SMILES string of the molecule is Cc1ccc(-c2cnc3ncnc(OCc4ccc(C)nc4)c3c2)nc1. The summed E-state index contributed by atoms with van der Waals surface area (Å²) in [7, 11) is 0. The Hall–Kier alpha value is -3.41. The molecule has 0 radical (unpaired) electrons. The third-order valence-electron chi connectivity index (χ3n) is 4.01. The fourth-order valence-electron chi connectivity index (χ4n) is 2.55. The summed E-state index contributed by atoms with van der Waals surface area (Å²) in [4.78, 5) is 21.7. The summed E-state index contributed by atoms with van der Waals surface area (Å²) >= 11 is 0. The zero-order valence-corrected chi connectivity index (χ0v) is 14.5. The second-order valence-electron chi connectivity index (χ2n) is 6.09. The normalized spacial score (nSPS) is 10.8. The second-order valence-corrected chi connectivity index (χ2v) is 6.09. The van der Waals surface area contributed by atoms with Gasteiger partial charge in [0.2, 0.25) is 5.88 Å². The van der Waals surface area contributed by atoms with E-state index >= 15 is 0 Å². The van der Waals surface area contributed by atoms with E-state index in [4.69, 9.17) is 4.74 Å². The molecule has 0 aliphatic carbocycles. The largest absolute Gasteiger partial charge is 0.472 e. The van der Waals surface area contributed by atoms with Crippen molar-refractivity contribution in [2.75, 3.05) is 0 Å². The van der Waals surface area contributed by atoms with Crippen molar-refractivity contribution in [2.24, 2.45) is 0 Å². The molecule has 4 aromatic rings. The van der Waals surface area contributed by atoms with Crippen molar-refractivity contribution in [1.29, 1.82) is 0 Å². The van der Waals surface area contributed by atoms with Gasteiger partial charge in [0, 0.05) is 35.4 Å². The van der Waals surface area contributed by atoms with Gasteiger partial charge in [-0.3, -0.25) is 9.97 Å². The average molecular weight is 343 g/mol. The Bertz CT molecular complexity index is 1050. The van der Waals surface area contributed by atoms with Gasteiger partial charge in [0.1, 0.15) is 12.9 Å². The maximum atomic E-state index is 5.90. The van der Waals surface area contributed by atoms with Gasteiger partial charge in [-0.25, -0.2) is 15.0 Å². The predicted octanol–water partition coefficient (Wildman–Crippen LogP) is 3.68. The Morgan fingerprint density at radius 1 is 0.846 bits per heavy atom. The highest BCUT2D eigenvalue weighted by Gasteiger charge is 2.09. The van der Waals surface area contributed by atoms with E-state index in [1.165, 1.54) is 6.33 Å². The van der Waals surface area contributed by atoms with E-state index in [0.717, 1.165) is 33.5 Å². The lowest BCUT2D eigenvalue weighted by Crippen LogP contribution is -2.00. The fraction of sp³-hybridized carbons (Fsp3) is 0.150. The van der Waals surface area contributed by atoms with Gasteiger partial charge in [0.25, 0.3) is 0 Å². The first-order valence-electron chi connectivity index (χ1n) is 8.27. The van der Waals surface area contributed by atoms with Crippen LogP contribution >= 0.6 is 0 Å². The van der Waals surface area contributed by atoms with Crippen LogP contribution in [0.2, 0.25) is 0 Å². The topological polar surface area (TPSA) is 73.7 Å². The smallest absolute Gasteiger partial charge is 0.226 e. The summed E-state index contributed by atoms with van der Waals surface area (Å²) < 4.78 is 5.90. The summed E-state index contributed by atoms with van der Waals surface area (Å²) in [6.07, 6.45) is 6.87. The van der Waals surface area contributed by atoms with Crippen molar-refractivity contribution in [2.45, 2.75) is 20.5 Å². The molecule has 0 bridgehead atoms. The Morgan fingerprint density at radius 2 is 1.77 bits per heavy atom. The Balaban J connectivity index is 1.66. The molecule has 4 heterocycles. The molecule has 0 unspecified atom stereocenters. The summed E-state index contributed by atoms with van der Waals surface area (Å²) in [5.74, 6) is 0.497. The van der Waals surface area contributed by atoms with E-state index in [1.54, 1.807) is 12.4 Å². The molecule has 0 aromatic carbocycles. The van der Waals surface area contributed by atoms with Crippen LogP contribution in [0.25, 0.3) is 22.3 Å². The predicted molar refractivity (Wildman–Crippen MR) is 98.6 cm³/mol. The van der Waals surface area contributed by atoms with Gasteiger partial charge in [0.15, 0.2) is 5.65 Å². The van der Waals surface area contributed by atoms with Crippen LogP contribution in [0.1, 0.15) is 16.8 Å². The second kappa shape index (κ2) is 6.84. The number of rotatable bonds is 4. The third-order valence-corrected chi connectivity index (χ3v) is 4.01. The van der Waals surface area contributed by atoms with Crippen LogP contribution in [0.3, 0.4) is 0 Å². The number of nitrogens with zero attached hydrogens (tertiary/aromatic N) is 5. The molecule has 4 aromatic heterocycles. The molecule has 0 spiro atoms. The van der Waals surface area contributed by atoms with E-state index in [-0.39, 0.29) is 0 Å². The highest BCUT2D eigenvalue weighted by molar-refractivity contribution is 5.84. The summed E-state index contributed by atoms with van der Waals surface area (Å²) in [6.45, 7) is 4.34. The molecule has 0 amide bonds. The number of fused-ring (bicyclic) bond motifs is 1. The molecule has 6 nitrogen and oxygen atoms in total. The minimum Gasteiger partial charge on any atom is -0.472 e. The molecule has 0 saturated carbocycles. The van der Waals surface area contributed by atoms with Crippen molar-refractivity contribution in [1.82, 2.24) is 24.9 Å². The Morgan fingerprint density at radius 3 is 2.54 bits per heavy atom. The standard InChI is InChI=1S/C20H17N5O/c1-13-3-6-18(22-8-13)16-7-17-19(23-10-16)24-12-25-20(17)26-11-15-5-4-14(2)21-9-15/h3-10,12H,11H2,1-2H3. The Kier molecular flexibility index (Phi) is 4.23. The molecule has 0 atom stereocenters. The van der Waals surface area contributed by atoms with Crippen molar-refractivity contribution < 1.29 is 4.74 Å². The van der Waals surface area contributed by atoms with Gasteiger partial charge in [-0.2, -0.15) is 0 Å². The molecule has 0 fully saturated rings. The van der Waals surface area contributed by atoms with E-state index in [2.05, 4.69) is 24.9 Å². The van der Waals surface area contributed by atoms with Crippen LogP contribution in [0.15, 0.2) is 55.2 Å². The maximum absolute atomic E-state index is 5.90. The van der Waals surface area contributed by atoms with Gasteiger partial charge >= 0.3 is 0 Å². The lowest BCUT2D eigenvalue weighted by atomic mass is 10.1. The fourth-order valence-corrected chi connectivity index (χ4v) is 2.55. The van der Waals surface area contributed by atoms with E-state index in [1.807, 2.05) is 50.4 Å². The first-order valence-corrected chi connectivity index (χ1v) is 8.27. The molecule has 0 aliphatic rings. The Labute approximate surface area is 151 Å². The average Bonchev–Trinajstić information content (AvgIpc) is 2.68. The zero-order valence-electron chi connectivity index (χ0n) is 14.5. The van der Waals surface area contributed by atoms with E-state index in [9.17, 15) is 0 Å². The van der Waals surface area contributed by atoms with Gasteiger partial charge in [-0.1, -0.05) is 12.1 Å². The van der Waals surface area contributed by atoms with Crippen LogP contribution in [0.5, 0.6) is 5.88 Å². The molecular weight excluding hydrogens is 326 g/mol. The number of pyridine rings is 3. The van der Waals surface area contributed by atoms with Crippen LogP contribution in [-0.2, 0) is 6.61 Å². The van der Waals surface area contributed by atoms with Crippen LogP contribution < -0.4 is 4.74 Å². The minimum absolute atomic E-state index is 0.381. The number of hydrogen-bond acceptors (Lipinski definition) is 6. The van der Waals surface area contributed by atoms with E-state index in [0.29, 0.717) is 18.1 Å². The molecular formula is C20H17N5O. The van der Waals surface area contributed by atoms with Gasteiger partial charge in [0.05, 0.1) is 11.1 Å². The first kappa shape index (κ1) is 16.1. The van der Waals surface area contributed by atoms with Gasteiger partial charge < -0.3 is 4.74 Å². The van der Waals surface area contributed by atoms with Gasteiger partial charge in [-0.15, -0.1) is 0 Å². The van der Waals surface area contributed by atoms with Crippen molar-refractivity contribution >= 4 is 11.0 Å². The molecule has 26 heavy (non-hydrogen) atoms. The number of hydrogen-bond donors (Lipinski definition) is 0. The lowest BCUT2D eigenvalue weighted by Gasteiger charge is -2.09. The maximum Gasteiger partial charge on any atom is 0.226 e. The quantitative estimate of drug-likeness (QED) is 0.563. The van der Waals surface area contributed by atoms with Crippen LogP contribution in [0, 0.1) is 13.8 Å². The van der Waals surface area contributed by atoms with E-state index < -0.39 is 0 Å². The van der Waals surface area contributed by atoms with Gasteiger partial charge in [-0.05, 0) is 37.6 Å². The van der Waals surface area contributed by atoms with Crippen molar-refractivity contribution in [3.05, 3.63) is 72.1 Å². The van der Waals surface area contributed by atoms with Crippen molar-refractivity contribution in [3.63, 3.8) is 0 Å². The molecule has 0 aliphatic heterocycles. The molecule has 0 saturated heterocycles. The van der Waals surface area contributed by atoms with Crippen LogP contribution in [-0.4, -0.2) is 24.9 Å². The molecule has 4 rings (SSSR count). The summed E-state index contributed by atoms with van der Waals surface area (Å²) in [5, 5.41) is 0.757. The summed E-state index contributed by atoms with van der Waals surface area (Å²) in [5.41, 5.74) is 5.40. The number of aromatic nitrogens is 5. The molecule has 0 N–H and O–H groups in total. The lowest BCUT2D eigenvalue weighted by molar-refractivity contribution is 0.297. The highest BCUT2D eigenvalue weighted by Crippen LogP contribution is 2.26. The third kappa shape index (κ3) is 3.35. The zero-order chi connectivity index (χ0) is 17.9. The first-order chi connectivity index (χ1) is 12.7. The van der Waals surface area contributed by atoms with Crippen LogP contribution in [0.4, 0.5) is 0 Å². The monoisotopic (exact) mass is 343 g/mol. The number of ether oxygens (including phenoxy) is 1. The molecule has 6 heteroatoms. The number of aryl methyl sites for hydroxylation is 2. The highest BCUT2D eigenvalue weighted by atomic mass is 16.5.